The number of aliphatic hydroxyl groups is 2. The van der Waals surface area contributed by atoms with E-state index >= 15 is 0 Å². The van der Waals surface area contributed by atoms with E-state index in [2.05, 4.69) is 198 Å². The van der Waals surface area contributed by atoms with Gasteiger partial charge in [0, 0.05) is 80.9 Å². The zero-order valence-corrected chi connectivity index (χ0v) is 93.2. The number of aryl methyl sites for hydroxylation is 6. The van der Waals surface area contributed by atoms with Gasteiger partial charge in [0.15, 0.2) is 17.3 Å². The first-order chi connectivity index (χ1) is 65.8. The average Bonchev–Trinajstić information content (AvgIpc) is 1.72. The lowest BCUT2D eigenvalue weighted by Crippen LogP contribution is -2.46. The number of benzene rings is 7. The molecule has 7 atom stereocenters. The molecule has 7 aromatic carbocycles. The molecule has 2 heterocycles. The summed E-state index contributed by atoms with van der Waals surface area (Å²) in [5, 5.41) is 35.1. The third-order valence-electron chi connectivity index (χ3n) is 26.8. The molecule has 0 saturated carbocycles. The summed E-state index contributed by atoms with van der Waals surface area (Å²) >= 11 is 3.32. The van der Waals surface area contributed by atoms with Crippen LogP contribution in [0.3, 0.4) is 0 Å². The molecule has 3 unspecified atom stereocenters. The summed E-state index contributed by atoms with van der Waals surface area (Å²) in [6, 6.07) is 39.7. The van der Waals surface area contributed by atoms with E-state index in [-0.39, 0.29) is 139 Å². The fourth-order valence-corrected chi connectivity index (χ4v) is 15.9. The van der Waals surface area contributed by atoms with E-state index in [9.17, 15) is 48.4 Å². The number of ketones is 3. The van der Waals surface area contributed by atoms with Crippen LogP contribution < -0.4 is 27.3 Å². The van der Waals surface area contributed by atoms with Crippen LogP contribution in [0.4, 0.5) is 0 Å². The van der Waals surface area contributed by atoms with Crippen molar-refractivity contribution >= 4 is 81.7 Å². The molecular formula is C116H168BBrN6O18. The van der Waals surface area contributed by atoms with Crippen molar-refractivity contribution in [3.8, 4) is 22.9 Å². The second-order valence-electron chi connectivity index (χ2n) is 42.8. The second kappa shape index (κ2) is 57.2. The van der Waals surface area contributed by atoms with Gasteiger partial charge < -0.3 is 71.0 Å². The van der Waals surface area contributed by atoms with Crippen LogP contribution in [0.25, 0.3) is 16.7 Å². The number of methoxy groups -OCH3 is 3. The van der Waals surface area contributed by atoms with Crippen molar-refractivity contribution in [1.82, 2.24) is 10.2 Å². The number of allylic oxidation sites excluding steroid dienone is 2. The van der Waals surface area contributed by atoms with Crippen molar-refractivity contribution in [3.63, 3.8) is 0 Å². The molecule has 7 aromatic rings. The van der Waals surface area contributed by atoms with Gasteiger partial charge in [0.05, 0.1) is 66.9 Å². The van der Waals surface area contributed by atoms with Crippen molar-refractivity contribution in [2.75, 3.05) is 68.8 Å². The Labute approximate surface area is 857 Å². The Balaban J connectivity index is 0.000000674. The zero-order chi connectivity index (χ0) is 109. The van der Waals surface area contributed by atoms with Crippen LogP contribution in [0.15, 0.2) is 150 Å². The molecule has 142 heavy (non-hydrogen) atoms. The first kappa shape index (κ1) is 127. The van der Waals surface area contributed by atoms with Crippen molar-refractivity contribution < 1.29 is 86.7 Å². The number of nitriles is 1. The van der Waals surface area contributed by atoms with Gasteiger partial charge in [-0.1, -0.05) is 227 Å². The number of likely N-dealkylation sites (N-methyl/N-ethyl adjacent to an activating group) is 1. The molecule has 2 aliphatic rings. The predicted molar refractivity (Wildman–Crippen MR) is 577 cm³/mol. The number of nitrogens with one attached hydrogen (secondary N) is 1. The van der Waals surface area contributed by atoms with Crippen LogP contribution in [-0.2, 0) is 55.5 Å². The molecule has 2 aliphatic heterocycles. The fourth-order valence-electron chi connectivity index (χ4n) is 15.5. The molecule has 1 fully saturated rings. The number of fused-ring (bicyclic) bond motifs is 5. The van der Waals surface area contributed by atoms with E-state index in [1.165, 1.54) is 37.4 Å². The highest BCUT2D eigenvalue weighted by Gasteiger charge is 2.53. The lowest BCUT2D eigenvalue weighted by molar-refractivity contribution is -0.142. The van der Waals surface area contributed by atoms with Gasteiger partial charge >= 0.3 is 31.0 Å². The molecule has 4 bridgehead atoms. The van der Waals surface area contributed by atoms with Crippen molar-refractivity contribution in [1.29, 1.82) is 5.26 Å². The van der Waals surface area contributed by atoms with E-state index in [0.717, 1.165) is 85.4 Å². The number of nitrogens with two attached hydrogens (primary N) is 3. The number of carboxylic acids is 1. The van der Waals surface area contributed by atoms with Crippen molar-refractivity contribution in [3.05, 3.63) is 245 Å². The molecule has 780 valence electrons. The highest BCUT2D eigenvalue weighted by Crippen LogP contribution is 2.45. The standard InChI is InChI=1S/C49H66N6O6.C15H22O2.C15H20O2.C14H20O2.C12H23BO2.C9H9BrO2.2CH4O/c1-30-24-35(32(3)49(4,5)6)15-16-38(30)43(57)29-37(18-21-52)48(60)55(7)46-36-14-13-34(10-8-19-50)39(28-36)40-26-33(12-17-45(40)61-23-22-53)27-41(42(56)11-9-20-51)54-47(59)31(2)25-44(46)58;2*1-10-9-12(11(2)15(3,4)5)7-8-13(10)14(16)17-6;1-9-8-11(10(2)14(3,4)5)6-7-12(9)13(15)16;1-9(10(2,3)4)13-14-11(5,6)12(7,8)15-13;1-6-5-7(10)3-4-8(6)9(11)12-2;2*1-2/h12-17,24,26,28,31-32,37,41,46H,8-11,18-19,21-23,25,27,29,50,52-53H2,1-7H3,(H,54,59);7-9,11H,1-6H3;7-9H,2H2,1,3-6H3;6-8,10H,1-5H3,(H,15,16);1H2,2-8H3;3-5H,1-2H3;2*2H,1H3/t31-,32?,37-,41+,46+;;;;;;;/m1......./s1. The first-order valence-electron chi connectivity index (χ1n) is 48.7. The molecular weight excluding hydrogens is 1860 g/mol. The van der Waals surface area contributed by atoms with Crippen LogP contribution in [0.5, 0.6) is 5.75 Å². The summed E-state index contributed by atoms with van der Waals surface area (Å²) in [5.74, 6) is -3.56. The molecule has 1 saturated heterocycles. The maximum Gasteiger partial charge on any atom is 0.490 e. The maximum atomic E-state index is 14.7. The number of Topliss-reactive ketones (excluding diaryl/α,β-unsaturated/α-hetero) is 3. The first-order valence-corrected chi connectivity index (χ1v) is 49.5. The molecule has 10 N–H and O–H groups in total. The average molecular weight is 2030 g/mol. The largest absolute Gasteiger partial charge is 0.492 e. The monoisotopic (exact) mass is 2020 g/mol. The van der Waals surface area contributed by atoms with Gasteiger partial charge in [-0.2, -0.15) is 5.26 Å². The highest BCUT2D eigenvalue weighted by atomic mass is 79.9. The molecule has 0 aliphatic carbocycles. The number of aliphatic hydroxyl groups excluding tert-OH is 2. The molecule has 24 nitrogen and oxygen atoms in total. The number of aromatic carboxylic acids is 1. The number of halogens is 1. The van der Waals surface area contributed by atoms with Gasteiger partial charge in [-0.15, -0.1) is 6.58 Å². The summed E-state index contributed by atoms with van der Waals surface area (Å²) in [4.78, 5) is 117. The number of hydrogen-bond acceptors (Lipinski definition) is 21. The Kier molecular flexibility index (Phi) is 51.3. The lowest BCUT2D eigenvalue weighted by atomic mass is 9.66. The van der Waals surface area contributed by atoms with E-state index in [4.69, 9.17) is 56.0 Å². The van der Waals surface area contributed by atoms with E-state index in [0.29, 0.717) is 75.9 Å². The summed E-state index contributed by atoms with van der Waals surface area (Å²) in [6.45, 7) is 67.7. The lowest BCUT2D eigenvalue weighted by Gasteiger charge is -2.32. The van der Waals surface area contributed by atoms with E-state index in [1.807, 2.05) is 138 Å². The quantitative estimate of drug-likeness (QED) is 0.0121. The summed E-state index contributed by atoms with van der Waals surface area (Å²) < 4.78 is 33.1. The number of hydrogen-bond donors (Lipinski definition) is 7. The number of carbonyl (C=O) groups excluding carboxylic acids is 8. The third-order valence-corrected chi connectivity index (χ3v) is 27.3. The van der Waals surface area contributed by atoms with Gasteiger partial charge in [-0.25, -0.2) is 19.2 Å². The number of amides is 2. The van der Waals surface area contributed by atoms with Gasteiger partial charge in [-0.05, 0) is 284 Å². The van der Waals surface area contributed by atoms with Gasteiger partial charge in [0.25, 0.3) is 0 Å². The van der Waals surface area contributed by atoms with E-state index in [1.54, 1.807) is 38.2 Å². The minimum absolute atomic E-state index is 0.00490. The Bertz CT molecular complexity index is 5460. The Hall–Kier alpha value is -10.6. The number of nitrogens with zero attached hydrogens (tertiary/aromatic N) is 2. The minimum atomic E-state index is -1.15. The number of rotatable bonds is 25. The molecule has 0 radical (unpaired) electrons. The number of carbonyl (C=O) groups is 9. The third kappa shape index (κ3) is 37.5. The molecule has 9 rings (SSSR count). The molecule has 2 amide bonds. The van der Waals surface area contributed by atoms with Crippen LogP contribution in [-0.4, -0.2) is 166 Å². The minimum Gasteiger partial charge on any atom is -0.492 e. The van der Waals surface area contributed by atoms with Crippen molar-refractivity contribution in [2.24, 2.45) is 56.1 Å². The Morgan fingerprint density at radius 3 is 1.42 bits per heavy atom. The number of esters is 3. The topological polar surface area (TPSA) is 387 Å². The number of carboxylic acid groups (broad SMARTS) is 1. The summed E-state index contributed by atoms with van der Waals surface area (Å²) in [7, 11) is 7.46. The maximum absolute atomic E-state index is 14.7. The summed E-state index contributed by atoms with van der Waals surface area (Å²) in [5.41, 5.74) is 35.5. The zero-order valence-electron chi connectivity index (χ0n) is 91.6. The van der Waals surface area contributed by atoms with Crippen LogP contribution in [0, 0.1) is 84.9 Å². The predicted octanol–water partition coefficient (Wildman–Crippen LogP) is 22.9. The fraction of sp³-hybridized carbons (Fsp3) is 0.517. The van der Waals surface area contributed by atoms with E-state index < -0.39 is 47.5 Å². The normalized spacial score (nSPS) is 15.6. The highest BCUT2D eigenvalue weighted by molar-refractivity contribution is 9.10. The van der Waals surface area contributed by atoms with Gasteiger partial charge in [-0.3, -0.25) is 24.0 Å². The smallest absolute Gasteiger partial charge is 0.490 e. The second-order valence-corrected chi connectivity index (χ2v) is 43.8. The Morgan fingerprint density at radius 2 is 1.02 bits per heavy atom. The van der Waals surface area contributed by atoms with Gasteiger partial charge in [0.1, 0.15) is 18.4 Å². The van der Waals surface area contributed by atoms with Crippen LogP contribution in [0.2, 0.25) is 0 Å². The SMILES string of the molecule is C=C(B1OC(C)(C)C(C)(C)O1)C(C)(C)C.C=C(c1ccc(C(=O)OC)c(C)c1)C(C)(C)C.CO.CO.COC(=O)c1ccc(Br)cc1C.COC(=O)c1ccc(C(C)C(C)(C)C)cc1C.Cc1cc(C(C)C(C)(C)C)ccc1C(=O)C[C@@H](CCN)C(=O)N(C)[C@@H]1C(=O)C[C@@H](C)C(=O)N[C@H](C(=O)CCC#N)Cc2ccc(OCCN)c(c2)-c2cc1ccc2CCCN.Cc1cc(C(C)C(C)(C)C)ccc1C(=O)O. The van der Waals surface area contributed by atoms with Crippen LogP contribution >= 0.6 is 15.9 Å². The molecule has 26 heteroatoms. The van der Waals surface area contributed by atoms with Crippen LogP contribution in [0.1, 0.15) is 340 Å². The molecule has 0 aromatic heterocycles. The van der Waals surface area contributed by atoms with Crippen molar-refractivity contribution in [2.45, 2.75) is 286 Å². The van der Waals surface area contributed by atoms with Gasteiger partial charge in [0.2, 0.25) is 11.8 Å². The summed E-state index contributed by atoms with van der Waals surface area (Å²) in [6.07, 6.45) is 1.25. The molecule has 0 spiro atoms. The number of ether oxygens (including phenoxy) is 4. The Morgan fingerprint density at radius 1 is 0.577 bits per heavy atom.